The molecule has 2 heterocycles. The van der Waals surface area contributed by atoms with Crippen LogP contribution >= 0.6 is 0 Å². The third-order valence-electron chi connectivity index (χ3n) is 5.74. The quantitative estimate of drug-likeness (QED) is 0.197. The Morgan fingerprint density at radius 3 is 2.74 bits per heavy atom. The summed E-state index contributed by atoms with van der Waals surface area (Å²) in [7, 11) is 5.73. The fraction of sp³-hybridized carbons (Fsp3) is 0.296. The van der Waals surface area contributed by atoms with E-state index in [1.807, 2.05) is 80.1 Å². The molecule has 0 fully saturated rings. The van der Waals surface area contributed by atoms with E-state index in [0.29, 0.717) is 18.5 Å². The van der Waals surface area contributed by atoms with Crippen molar-refractivity contribution in [3.8, 4) is 5.75 Å². The van der Waals surface area contributed by atoms with Gasteiger partial charge in [0.2, 0.25) is 0 Å². The number of nitrogens with one attached hydrogen (secondary N) is 1. The van der Waals surface area contributed by atoms with Crippen molar-refractivity contribution in [3.63, 3.8) is 0 Å². The van der Waals surface area contributed by atoms with Crippen molar-refractivity contribution < 1.29 is 19.2 Å². The maximum atomic E-state index is 12.6. The molecule has 1 aromatic heterocycles. The molecule has 2 aromatic carbocycles. The third kappa shape index (κ3) is 6.44. The molecule has 8 nitrogen and oxygen atoms in total. The van der Waals surface area contributed by atoms with Gasteiger partial charge in [-0.05, 0) is 43.8 Å². The second-order valence-corrected chi connectivity index (χ2v) is 8.63. The first-order chi connectivity index (χ1) is 17.0. The van der Waals surface area contributed by atoms with Crippen LogP contribution in [-0.2, 0) is 22.5 Å². The normalized spacial score (nSPS) is 13.3. The summed E-state index contributed by atoms with van der Waals surface area (Å²) in [6.07, 6.45) is 9.12. The number of hydrogen-bond acceptors (Lipinski definition) is 7. The Balaban J connectivity index is 1.34. The van der Waals surface area contributed by atoms with E-state index in [2.05, 4.69) is 22.5 Å². The number of rotatable bonds is 11. The van der Waals surface area contributed by atoms with E-state index in [0.717, 1.165) is 35.2 Å². The van der Waals surface area contributed by atoms with Crippen LogP contribution in [0.2, 0.25) is 0 Å². The molecule has 0 saturated carbocycles. The summed E-state index contributed by atoms with van der Waals surface area (Å²) in [6.45, 7) is 1.52. The van der Waals surface area contributed by atoms with Crippen LogP contribution in [-0.4, -0.2) is 55.0 Å². The van der Waals surface area contributed by atoms with Crippen LogP contribution < -0.4 is 15.2 Å². The number of esters is 1. The Bertz CT molecular complexity index is 1200. The first-order valence-corrected chi connectivity index (χ1v) is 11.6. The summed E-state index contributed by atoms with van der Waals surface area (Å²) in [5.41, 5.74) is 6.53. The van der Waals surface area contributed by atoms with Gasteiger partial charge < -0.3 is 24.2 Å². The molecule has 1 aliphatic heterocycles. The van der Waals surface area contributed by atoms with Crippen molar-refractivity contribution in [2.45, 2.75) is 19.4 Å². The average Bonchev–Trinajstić information content (AvgIpc) is 3.22. The average molecular weight is 477 g/mol. The fourth-order valence-corrected chi connectivity index (χ4v) is 3.91. The number of likely N-dealkylation sites (N-methyl/N-ethyl adjacent to an activating group) is 1. The van der Waals surface area contributed by atoms with E-state index in [4.69, 9.17) is 14.4 Å². The smallest absolute Gasteiger partial charge is 0.337 e. The number of methoxy groups -OCH3 is 1. The molecule has 4 rings (SSSR count). The molecule has 0 saturated heterocycles. The molecule has 8 heteroatoms. The number of carbonyl (C=O) groups excluding carboxylic acids is 1. The Labute approximate surface area is 205 Å². The van der Waals surface area contributed by atoms with E-state index in [1.54, 1.807) is 11.8 Å². The van der Waals surface area contributed by atoms with Gasteiger partial charge in [-0.2, -0.15) is 4.73 Å². The second-order valence-electron chi connectivity index (χ2n) is 8.63. The zero-order chi connectivity index (χ0) is 24.6. The van der Waals surface area contributed by atoms with Crippen LogP contribution in [0, 0.1) is 0 Å². The largest absolute Gasteiger partial charge is 0.497 e. The highest BCUT2D eigenvalue weighted by molar-refractivity contribution is 5.89. The lowest BCUT2D eigenvalue weighted by Gasteiger charge is -2.21. The molecule has 3 aromatic rings. The first-order valence-electron chi connectivity index (χ1n) is 11.6. The summed E-state index contributed by atoms with van der Waals surface area (Å²) in [5.74, 6) is 0.359. The number of allylic oxidation sites excluding steroid dienone is 1. The molecule has 0 atom stereocenters. The number of aromatic nitrogens is 1. The van der Waals surface area contributed by atoms with E-state index in [9.17, 15) is 4.79 Å². The van der Waals surface area contributed by atoms with Crippen molar-refractivity contribution >= 4 is 16.9 Å². The van der Waals surface area contributed by atoms with Gasteiger partial charge in [-0.25, -0.2) is 4.79 Å². The SMILES string of the molecule is COc1ccc2c(CCN(C)C)cn(ONCOC(=O)C3=CN(Cc4ccccc4)C=CC3)c2c1. The first kappa shape index (κ1) is 24.4. The molecular formula is C27H32N4O4. The molecule has 0 aliphatic carbocycles. The number of ether oxygens (including phenoxy) is 2. The second kappa shape index (κ2) is 11.6. The van der Waals surface area contributed by atoms with Gasteiger partial charge in [0.05, 0.1) is 24.4 Å². The predicted octanol–water partition coefficient (Wildman–Crippen LogP) is 3.49. The number of nitrogens with zero attached hydrogens (tertiary/aromatic N) is 3. The zero-order valence-electron chi connectivity index (χ0n) is 20.4. The van der Waals surface area contributed by atoms with Gasteiger partial charge in [0, 0.05) is 43.4 Å². The van der Waals surface area contributed by atoms with E-state index >= 15 is 0 Å². The molecule has 184 valence electrons. The van der Waals surface area contributed by atoms with Crippen LogP contribution in [0.1, 0.15) is 17.5 Å². The number of carbonyl (C=O) groups is 1. The molecule has 0 amide bonds. The van der Waals surface area contributed by atoms with Gasteiger partial charge in [0.1, 0.15) is 5.75 Å². The number of hydroxylamine groups is 1. The van der Waals surface area contributed by atoms with Gasteiger partial charge in [-0.1, -0.05) is 41.9 Å². The molecule has 35 heavy (non-hydrogen) atoms. The van der Waals surface area contributed by atoms with Crippen LogP contribution in [0.4, 0.5) is 0 Å². The highest BCUT2D eigenvalue weighted by Crippen LogP contribution is 2.25. The van der Waals surface area contributed by atoms with Crippen molar-refractivity contribution in [2.75, 3.05) is 34.5 Å². The highest BCUT2D eigenvalue weighted by Gasteiger charge is 2.15. The van der Waals surface area contributed by atoms with Crippen LogP contribution in [0.5, 0.6) is 5.75 Å². The summed E-state index contributed by atoms with van der Waals surface area (Å²) in [5, 5.41) is 1.09. The minimum absolute atomic E-state index is 0.0880. The van der Waals surface area contributed by atoms with Crippen LogP contribution in [0.25, 0.3) is 10.9 Å². The lowest BCUT2D eigenvalue weighted by Crippen LogP contribution is -2.31. The van der Waals surface area contributed by atoms with E-state index in [-0.39, 0.29) is 12.7 Å². The molecule has 1 N–H and O–H groups in total. The Kier molecular flexibility index (Phi) is 8.07. The molecular weight excluding hydrogens is 444 g/mol. The van der Waals surface area contributed by atoms with Gasteiger partial charge in [-0.15, -0.1) is 0 Å². The topological polar surface area (TPSA) is 68.2 Å². The monoisotopic (exact) mass is 476 g/mol. The standard InChI is InChI=1S/C27H32N4O4/c1-29(2)15-13-22-19-31(26-16-24(33-3)11-12-25(22)26)35-28-20-34-27(32)23-10-7-14-30(18-23)17-21-8-5-4-6-9-21/h4-9,11-12,14,16,18-19,28H,10,13,15,17,20H2,1-3H3. The summed E-state index contributed by atoms with van der Waals surface area (Å²) < 4.78 is 12.4. The molecule has 0 spiro atoms. The van der Waals surface area contributed by atoms with E-state index < -0.39 is 0 Å². The minimum atomic E-state index is -0.380. The molecule has 1 aliphatic rings. The van der Waals surface area contributed by atoms with Crippen molar-refractivity contribution in [1.82, 2.24) is 20.0 Å². The van der Waals surface area contributed by atoms with Crippen LogP contribution in [0.15, 0.2) is 78.8 Å². The van der Waals surface area contributed by atoms with Crippen molar-refractivity contribution in [2.24, 2.45) is 0 Å². The summed E-state index contributed by atoms with van der Waals surface area (Å²) >= 11 is 0. The van der Waals surface area contributed by atoms with Gasteiger partial charge in [0.15, 0.2) is 6.73 Å². The Morgan fingerprint density at radius 1 is 1.14 bits per heavy atom. The molecule has 0 bridgehead atoms. The maximum absolute atomic E-state index is 12.6. The third-order valence-corrected chi connectivity index (χ3v) is 5.74. The summed E-state index contributed by atoms with van der Waals surface area (Å²) in [4.78, 5) is 22.4. The molecule has 0 unspecified atom stereocenters. The number of hydrogen-bond donors (Lipinski definition) is 1. The zero-order valence-corrected chi connectivity index (χ0v) is 20.4. The number of fused-ring (bicyclic) bond motifs is 1. The highest BCUT2D eigenvalue weighted by atomic mass is 16.8. The fourth-order valence-electron chi connectivity index (χ4n) is 3.91. The van der Waals surface area contributed by atoms with Crippen molar-refractivity contribution in [1.29, 1.82) is 0 Å². The number of benzene rings is 2. The van der Waals surface area contributed by atoms with E-state index in [1.165, 1.54) is 5.56 Å². The maximum Gasteiger partial charge on any atom is 0.337 e. The summed E-state index contributed by atoms with van der Waals surface area (Å²) in [6, 6.07) is 16.0. The minimum Gasteiger partial charge on any atom is -0.497 e. The van der Waals surface area contributed by atoms with Gasteiger partial charge in [0.25, 0.3) is 0 Å². The van der Waals surface area contributed by atoms with Crippen molar-refractivity contribution in [3.05, 3.63) is 89.9 Å². The van der Waals surface area contributed by atoms with Gasteiger partial charge in [-0.3, -0.25) is 0 Å². The Hall–Kier alpha value is -3.75. The van der Waals surface area contributed by atoms with Crippen LogP contribution in [0.3, 0.4) is 0 Å². The predicted molar refractivity (Wildman–Crippen MR) is 135 cm³/mol. The lowest BCUT2D eigenvalue weighted by molar-refractivity contribution is -0.144. The lowest BCUT2D eigenvalue weighted by atomic mass is 10.1. The van der Waals surface area contributed by atoms with Gasteiger partial charge >= 0.3 is 5.97 Å². The Morgan fingerprint density at radius 2 is 1.97 bits per heavy atom. The molecule has 0 radical (unpaired) electrons.